The van der Waals surface area contributed by atoms with E-state index in [0.29, 0.717) is 0 Å². The fourth-order valence-corrected chi connectivity index (χ4v) is 1.72. The summed E-state index contributed by atoms with van der Waals surface area (Å²) in [5, 5.41) is 9.59. The van der Waals surface area contributed by atoms with E-state index in [4.69, 9.17) is 0 Å². The average Bonchev–Trinajstić information content (AvgIpc) is 2.89. The normalized spacial score (nSPS) is 12.4. The summed E-state index contributed by atoms with van der Waals surface area (Å²) >= 11 is 0. The number of hydrogen-bond acceptors (Lipinski definition) is 3. The maximum atomic E-state index is 12.0. The molecule has 0 aliphatic carbocycles. The van der Waals surface area contributed by atoms with Crippen LogP contribution in [0.4, 0.5) is 0 Å². The summed E-state index contributed by atoms with van der Waals surface area (Å²) in [4.78, 5) is 16.2. The molecule has 0 fully saturated rings. The average molecular weight is 258 g/mol. The molecule has 2 N–H and O–H groups in total. The molecule has 19 heavy (non-hydrogen) atoms. The Hall–Kier alpha value is -2.17. The van der Waals surface area contributed by atoms with Gasteiger partial charge in [-0.3, -0.25) is 9.89 Å². The van der Waals surface area contributed by atoms with Gasteiger partial charge in [-0.1, -0.05) is 44.2 Å². The number of carbonyl (C=O) groups excluding carboxylic acids is 1. The number of benzene rings is 1. The van der Waals surface area contributed by atoms with Gasteiger partial charge in [-0.25, -0.2) is 4.98 Å². The molecule has 0 spiro atoms. The van der Waals surface area contributed by atoms with Gasteiger partial charge in [-0.05, 0) is 12.5 Å². The van der Waals surface area contributed by atoms with E-state index in [1.807, 2.05) is 51.1 Å². The van der Waals surface area contributed by atoms with Crippen molar-refractivity contribution in [2.24, 2.45) is 0 Å². The van der Waals surface area contributed by atoms with Gasteiger partial charge in [0.1, 0.15) is 5.82 Å². The maximum Gasteiger partial charge on any atom is 0.291 e. The molecule has 0 bridgehead atoms. The summed E-state index contributed by atoms with van der Waals surface area (Å²) in [6, 6.07) is 9.71. The van der Waals surface area contributed by atoms with Crippen molar-refractivity contribution >= 4 is 5.91 Å². The Morgan fingerprint density at radius 1 is 1.21 bits per heavy atom. The van der Waals surface area contributed by atoms with Gasteiger partial charge in [0.15, 0.2) is 0 Å². The Morgan fingerprint density at radius 2 is 1.89 bits per heavy atom. The van der Waals surface area contributed by atoms with Crippen LogP contribution in [0.25, 0.3) is 0 Å². The first-order chi connectivity index (χ1) is 9.08. The molecule has 1 amide bonds. The van der Waals surface area contributed by atoms with Gasteiger partial charge in [-0.15, -0.1) is 5.10 Å². The summed E-state index contributed by atoms with van der Waals surface area (Å²) in [6.45, 7) is 5.92. The fourth-order valence-electron chi connectivity index (χ4n) is 1.72. The lowest BCUT2D eigenvalue weighted by molar-refractivity contribution is 0.0929. The van der Waals surface area contributed by atoms with E-state index in [9.17, 15) is 4.79 Å². The number of rotatable bonds is 4. The van der Waals surface area contributed by atoms with Crippen LogP contribution in [0, 0.1) is 0 Å². The van der Waals surface area contributed by atoms with Crippen LogP contribution in [-0.4, -0.2) is 21.1 Å². The van der Waals surface area contributed by atoms with Crippen molar-refractivity contribution in [3.8, 4) is 0 Å². The number of carbonyl (C=O) groups is 1. The van der Waals surface area contributed by atoms with E-state index in [2.05, 4.69) is 20.5 Å². The highest BCUT2D eigenvalue weighted by molar-refractivity contribution is 5.90. The summed E-state index contributed by atoms with van der Waals surface area (Å²) in [5.74, 6) is 0.865. The number of nitrogens with zero attached hydrogens (tertiary/aromatic N) is 2. The molecule has 0 saturated heterocycles. The van der Waals surface area contributed by atoms with Crippen molar-refractivity contribution in [1.29, 1.82) is 0 Å². The minimum atomic E-state index is -0.264. The first-order valence-electron chi connectivity index (χ1n) is 6.36. The quantitative estimate of drug-likeness (QED) is 0.884. The van der Waals surface area contributed by atoms with E-state index in [0.717, 1.165) is 11.4 Å². The van der Waals surface area contributed by atoms with Crippen molar-refractivity contribution in [3.63, 3.8) is 0 Å². The van der Waals surface area contributed by atoms with Crippen molar-refractivity contribution in [1.82, 2.24) is 20.5 Å². The Bertz CT molecular complexity index is 548. The predicted octanol–water partition coefficient (Wildman–Crippen LogP) is 2.42. The second-order valence-corrected chi connectivity index (χ2v) is 4.80. The lowest BCUT2D eigenvalue weighted by atomic mass is 10.1. The molecule has 1 atom stereocenters. The van der Waals surface area contributed by atoms with E-state index in [1.54, 1.807) is 0 Å². The van der Waals surface area contributed by atoms with Crippen molar-refractivity contribution in [3.05, 3.63) is 47.5 Å². The van der Waals surface area contributed by atoms with E-state index < -0.39 is 0 Å². The number of nitrogens with one attached hydrogen (secondary N) is 2. The number of H-pyrrole nitrogens is 1. The van der Waals surface area contributed by atoms with Gasteiger partial charge >= 0.3 is 0 Å². The number of aromatic nitrogens is 3. The molecule has 1 aromatic heterocycles. The second-order valence-electron chi connectivity index (χ2n) is 4.80. The smallest absolute Gasteiger partial charge is 0.291 e. The van der Waals surface area contributed by atoms with E-state index >= 15 is 0 Å². The van der Waals surface area contributed by atoms with Crippen LogP contribution in [-0.2, 0) is 0 Å². The summed E-state index contributed by atoms with van der Waals surface area (Å²) in [7, 11) is 0. The highest BCUT2D eigenvalue weighted by atomic mass is 16.2. The topological polar surface area (TPSA) is 70.7 Å². The van der Waals surface area contributed by atoms with Crippen LogP contribution in [0.2, 0.25) is 0 Å². The molecular weight excluding hydrogens is 240 g/mol. The van der Waals surface area contributed by atoms with Crippen LogP contribution in [0.3, 0.4) is 0 Å². The Labute approximate surface area is 112 Å². The Balaban J connectivity index is 2.04. The largest absolute Gasteiger partial charge is 0.343 e. The minimum Gasteiger partial charge on any atom is -0.343 e. The third-order valence-electron chi connectivity index (χ3n) is 2.90. The van der Waals surface area contributed by atoms with Crippen molar-refractivity contribution < 1.29 is 4.79 Å². The third kappa shape index (κ3) is 3.19. The Kier molecular flexibility index (Phi) is 3.94. The third-order valence-corrected chi connectivity index (χ3v) is 2.90. The first kappa shape index (κ1) is 13.3. The lowest BCUT2D eigenvalue weighted by Crippen LogP contribution is -2.27. The predicted molar refractivity (Wildman–Crippen MR) is 72.8 cm³/mol. The molecule has 0 saturated carbocycles. The van der Waals surface area contributed by atoms with Crippen LogP contribution in [0.5, 0.6) is 0 Å². The maximum absolute atomic E-state index is 12.0. The van der Waals surface area contributed by atoms with Gasteiger partial charge in [-0.2, -0.15) is 0 Å². The summed E-state index contributed by atoms with van der Waals surface area (Å²) < 4.78 is 0. The second kappa shape index (κ2) is 5.65. The SMILES string of the molecule is CC(C)c1nc(C(=O)N[C@@H](C)c2ccccc2)n[nH]1. The first-order valence-corrected chi connectivity index (χ1v) is 6.36. The van der Waals surface area contributed by atoms with Gasteiger partial charge in [0.25, 0.3) is 5.91 Å². The zero-order valence-corrected chi connectivity index (χ0v) is 11.3. The number of amides is 1. The molecule has 2 aromatic rings. The molecule has 0 radical (unpaired) electrons. The minimum absolute atomic E-state index is 0.0744. The lowest BCUT2D eigenvalue weighted by Gasteiger charge is -2.12. The number of hydrogen-bond donors (Lipinski definition) is 2. The standard InChI is InChI=1S/C14H18N4O/c1-9(2)12-16-13(18-17-12)14(19)15-10(3)11-7-5-4-6-8-11/h4-10H,1-3H3,(H,15,19)(H,16,17,18)/t10-/m0/s1. The summed E-state index contributed by atoms with van der Waals surface area (Å²) in [6.07, 6.45) is 0. The molecule has 100 valence electrons. The van der Waals surface area contributed by atoms with Crippen molar-refractivity contribution in [2.75, 3.05) is 0 Å². The monoisotopic (exact) mass is 258 g/mol. The van der Waals surface area contributed by atoms with Crippen LogP contribution < -0.4 is 5.32 Å². The van der Waals surface area contributed by atoms with Crippen LogP contribution >= 0.6 is 0 Å². The molecule has 1 heterocycles. The van der Waals surface area contributed by atoms with Gasteiger partial charge in [0.2, 0.25) is 5.82 Å². The molecule has 0 unspecified atom stereocenters. The molecule has 0 aliphatic rings. The zero-order valence-electron chi connectivity index (χ0n) is 11.3. The highest BCUT2D eigenvalue weighted by Gasteiger charge is 2.16. The van der Waals surface area contributed by atoms with Gasteiger partial charge in [0.05, 0.1) is 6.04 Å². The molecule has 0 aliphatic heterocycles. The molecule has 2 rings (SSSR count). The highest BCUT2D eigenvalue weighted by Crippen LogP contribution is 2.12. The molecule has 1 aromatic carbocycles. The van der Waals surface area contributed by atoms with Crippen molar-refractivity contribution in [2.45, 2.75) is 32.7 Å². The molecule has 5 heteroatoms. The summed E-state index contributed by atoms with van der Waals surface area (Å²) in [5.41, 5.74) is 1.05. The zero-order chi connectivity index (χ0) is 13.8. The molecule has 5 nitrogen and oxygen atoms in total. The van der Waals surface area contributed by atoms with Crippen LogP contribution in [0.15, 0.2) is 30.3 Å². The van der Waals surface area contributed by atoms with Gasteiger partial charge < -0.3 is 5.32 Å². The molecular formula is C14H18N4O. The van der Waals surface area contributed by atoms with Gasteiger partial charge in [0, 0.05) is 5.92 Å². The fraction of sp³-hybridized carbons (Fsp3) is 0.357. The van der Waals surface area contributed by atoms with E-state index in [1.165, 1.54) is 0 Å². The number of aromatic amines is 1. The van der Waals surface area contributed by atoms with E-state index in [-0.39, 0.29) is 23.7 Å². The Morgan fingerprint density at radius 3 is 2.47 bits per heavy atom. The van der Waals surface area contributed by atoms with Crippen LogP contribution in [0.1, 0.15) is 54.7 Å².